The number of benzene rings is 3. The topological polar surface area (TPSA) is 56.0 Å². The summed E-state index contributed by atoms with van der Waals surface area (Å²) in [6.07, 6.45) is 0. The average Bonchev–Trinajstić information content (AvgIpc) is 2.77. The summed E-state index contributed by atoms with van der Waals surface area (Å²) in [6.45, 7) is 2.04. The second-order valence-electron chi connectivity index (χ2n) is 6.65. The molecule has 5 nitrogen and oxygen atoms in total. The van der Waals surface area contributed by atoms with Gasteiger partial charge in [0.1, 0.15) is 11.3 Å². The van der Waals surface area contributed by atoms with Crippen LogP contribution < -0.4 is 20.3 Å². The van der Waals surface area contributed by atoms with Crippen LogP contribution >= 0.6 is 0 Å². The van der Waals surface area contributed by atoms with Gasteiger partial charge in [-0.05, 0) is 55.0 Å². The second-order valence-corrected chi connectivity index (χ2v) is 6.65. The van der Waals surface area contributed by atoms with E-state index in [4.69, 9.17) is 13.9 Å². The van der Waals surface area contributed by atoms with Crippen molar-refractivity contribution in [1.29, 1.82) is 0 Å². The van der Waals surface area contributed by atoms with Gasteiger partial charge in [-0.25, -0.2) is 0 Å². The first-order valence-electron chi connectivity index (χ1n) is 9.29. The van der Waals surface area contributed by atoms with Gasteiger partial charge < -0.3 is 13.9 Å². The van der Waals surface area contributed by atoms with Crippen molar-refractivity contribution in [2.45, 2.75) is 6.92 Å². The van der Waals surface area contributed by atoms with Crippen molar-refractivity contribution >= 4 is 16.7 Å². The maximum Gasteiger partial charge on any atom is 0.161 e. The van der Waals surface area contributed by atoms with E-state index in [-0.39, 0.29) is 0 Å². The average molecular weight is 386 g/mol. The maximum absolute atomic E-state index is 6.21. The van der Waals surface area contributed by atoms with Gasteiger partial charge in [-0.2, -0.15) is 5.10 Å². The molecule has 4 aromatic rings. The normalized spacial score (nSPS) is 11.5. The summed E-state index contributed by atoms with van der Waals surface area (Å²) in [6, 6.07) is 23.6. The molecule has 0 saturated heterocycles. The number of fused-ring (bicyclic) bond motifs is 1. The van der Waals surface area contributed by atoms with Crippen LogP contribution in [0.1, 0.15) is 5.56 Å². The third-order valence-corrected chi connectivity index (χ3v) is 4.65. The van der Waals surface area contributed by atoms with Crippen LogP contribution in [0.15, 0.2) is 82.3 Å². The summed E-state index contributed by atoms with van der Waals surface area (Å²) >= 11 is 0. The molecule has 29 heavy (non-hydrogen) atoms. The zero-order chi connectivity index (χ0) is 20.2. The minimum absolute atomic E-state index is 0.644. The fourth-order valence-corrected chi connectivity index (χ4v) is 3.14. The third-order valence-electron chi connectivity index (χ3n) is 4.65. The molecule has 1 heterocycles. The van der Waals surface area contributed by atoms with Gasteiger partial charge in [-0.15, -0.1) is 0 Å². The molecule has 4 rings (SSSR count). The molecule has 0 aliphatic rings. The highest BCUT2D eigenvalue weighted by Crippen LogP contribution is 2.32. The molecule has 0 spiro atoms. The zero-order valence-corrected chi connectivity index (χ0v) is 16.6. The quantitative estimate of drug-likeness (QED) is 0.470. The molecule has 0 saturated carbocycles. The van der Waals surface area contributed by atoms with E-state index >= 15 is 0 Å². The van der Waals surface area contributed by atoms with Gasteiger partial charge in [0.05, 0.1) is 25.3 Å². The van der Waals surface area contributed by atoms with Gasteiger partial charge in [0.25, 0.3) is 0 Å². The van der Waals surface area contributed by atoms with Crippen molar-refractivity contribution in [3.05, 3.63) is 83.7 Å². The Kier molecular flexibility index (Phi) is 5.20. The monoisotopic (exact) mass is 386 g/mol. The van der Waals surface area contributed by atoms with Gasteiger partial charge >= 0.3 is 0 Å². The van der Waals surface area contributed by atoms with Gasteiger partial charge in [0, 0.05) is 17.0 Å². The summed E-state index contributed by atoms with van der Waals surface area (Å²) in [4.78, 5) is 0. The third kappa shape index (κ3) is 3.94. The Morgan fingerprint density at radius 2 is 1.62 bits per heavy atom. The van der Waals surface area contributed by atoms with Crippen LogP contribution in [0.3, 0.4) is 0 Å². The Morgan fingerprint density at radius 1 is 0.828 bits per heavy atom. The van der Waals surface area contributed by atoms with E-state index in [0.29, 0.717) is 17.3 Å². The number of ether oxygens (including phenoxy) is 2. The van der Waals surface area contributed by atoms with Crippen LogP contribution in [-0.2, 0) is 0 Å². The Balaban J connectivity index is 1.87. The standard InChI is InChI=1S/C24H22N2O3/c1-16-9-11-19-20(26-25-18-7-5-4-6-8-18)15-22(29-23(19)13-16)17-10-12-21(27-2)24(14-17)28-3/h4-15,25H,1-3H3/b26-20+. The van der Waals surface area contributed by atoms with E-state index in [1.54, 1.807) is 14.2 Å². The van der Waals surface area contributed by atoms with Crippen molar-refractivity contribution < 1.29 is 13.9 Å². The molecule has 0 bridgehead atoms. The fourth-order valence-electron chi connectivity index (χ4n) is 3.14. The van der Waals surface area contributed by atoms with Crippen LogP contribution in [0.25, 0.3) is 22.3 Å². The number of aryl methyl sites for hydroxylation is 1. The summed E-state index contributed by atoms with van der Waals surface area (Å²) in [7, 11) is 3.24. The summed E-state index contributed by atoms with van der Waals surface area (Å²) in [5.74, 6) is 2.01. The van der Waals surface area contributed by atoms with Gasteiger partial charge in [0.15, 0.2) is 11.5 Å². The van der Waals surface area contributed by atoms with E-state index in [2.05, 4.69) is 16.6 Å². The Hall–Kier alpha value is -3.73. The molecule has 0 radical (unpaired) electrons. The maximum atomic E-state index is 6.21. The fraction of sp³-hybridized carbons (Fsp3) is 0.125. The van der Waals surface area contributed by atoms with Crippen LogP contribution in [-0.4, -0.2) is 14.2 Å². The Morgan fingerprint density at radius 3 is 2.38 bits per heavy atom. The Labute approximate surface area is 169 Å². The van der Waals surface area contributed by atoms with Crippen LogP contribution in [0.2, 0.25) is 0 Å². The first-order chi connectivity index (χ1) is 14.2. The number of methoxy groups -OCH3 is 2. The molecule has 3 aromatic carbocycles. The number of hydrogen-bond donors (Lipinski definition) is 1. The minimum Gasteiger partial charge on any atom is -0.493 e. The van der Waals surface area contributed by atoms with Gasteiger partial charge in [-0.3, -0.25) is 5.43 Å². The smallest absolute Gasteiger partial charge is 0.161 e. The molecule has 0 amide bonds. The highest BCUT2D eigenvalue weighted by Gasteiger charge is 2.10. The van der Waals surface area contributed by atoms with E-state index in [0.717, 1.165) is 33.1 Å². The van der Waals surface area contributed by atoms with E-state index < -0.39 is 0 Å². The first kappa shape index (κ1) is 18.6. The van der Waals surface area contributed by atoms with Crippen molar-refractivity contribution in [3.8, 4) is 22.8 Å². The van der Waals surface area contributed by atoms with E-state index in [9.17, 15) is 0 Å². The first-order valence-corrected chi connectivity index (χ1v) is 9.29. The molecule has 1 aromatic heterocycles. The second kappa shape index (κ2) is 8.10. The zero-order valence-electron chi connectivity index (χ0n) is 16.6. The number of para-hydroxylation sites is 1. The van der Waals surface area contributed by atoms with Gasteiger partial charge in [0.2, 0.25) is 0 Å². The van der Waals surface area contributed by atoms with Crippen molar-refractivity contribution in [3.63, 3.8) is 0 Å². The lowest BCUT2D eigenvalue weighted by atomic mass is 10.1. The Bertz CT molecular complexity index is 1210. The summed E-state index contributed by atoms with van der Waals surface area (Å²) in [5, 5.41) is 6.36. The van der Waals surface area contributed by atoms with Crippen molar-refractivity contribution in [1.82, 2.24) is 0 Å². The van der Waals surface area contributed by atoms with Crippen molar-refractivity contribution in [2.24, 2.45) is 5.10 Å². The molecule has 0 atom stereocenters. The van der Waals surface area contributed by atoms with Gasteiger partial charge in [-0.1, -0.05) is 24.3 Å². The molecular formula is C24H22N2O3. The largest absolute Gasteiger partial charge is 0.493 e. The lowest BCUT2D eigenvalue weighted by Gasteiger charge is -2.10. The number of nitrogens with zero attached hydrogens (tertiary/aromatic N) is 1. The number of anilines is 1. The van der Waals surface area contributed by atoms with Crippen LogP contribution in [0.5, 0.6) is 11.5 Å². The van der Waals surface area contributed by atoms with E-state index in [1.807, 2.05) is 73.7 Å². The highest BCUT2D eigenvalue weighted by molar-refractivity contribution is 5.79. The molecular weight excluding hydrogens is 364 g/mol. The van der Waals surface area contributed by atoms with Crippen molar-refractivity contribution in [2.75, 3.05) is 19.6 Å². The SMILES string of the molecule is COc1ccc(-c2c/c(=N\Nc3ccccc3)c3ccc(C)cc3o2)cc1OC. The molecule has 0 aliphatic heterocycles. The molecule has 0 aliphatic carbocycles. The predicted octanol–water partition coefficient (Wildman–Crippen LogP) is 5.35. The minimum atomic E-state index is 0.644. The summed E-state index contributed by atoms with van der Waals surface area (Å²) < 4.78 is 17.0. The number of hydrogen-bond acceptors (Lipinski definition) is 5. The molecule has 1 N–H and O–H groups in total. The molecule has 146 valence electrons. The highest BCUT2D eigenvalue weighted by atomic mass is 16.5. The lowest BCUT2D eigenvalue weighted by Crippen LogP contribution is -2.07. The number of nitrogens with one attached hydrogen (secondary N) is 1. The van der Waals surface area contributed by atoms with Crippen LogP contribution in [0.4, 0.5) is 5.69 Å². The van der Waals surface area contributed by atoms with Crippen LogP contribution in [0, 0.1) is 6.92 Å². The molecule has 0 fully saturated rings. The van der Waals surface area contributed by atoms with E-state index in [1.165, 1.54) is 0 Å². The predicted molar refractivity (Wildman–Crippen MR) is 115 cm³/mol. The lowest BCUT2D eigenvalue weighted by molar-refractivity contribution is 0.355. The molecule has 0 unspecified atom stereocenters. The number of rotatable bonds is 5. The summed E-state index contributed by atoms with van der Waals surface area (Å²) in [5.41, 5.74) is 6.81. The molecule has 5 heteroatoms.